The molecule has 2 aromatic carbocycles. The van der Waals surface area contributed by atoms with Crippen LogP contribution >= 0.6 is 0 Å². The number of carbonyl (C=O) groups is 1. The number of aromatic nitrogens is 4. The van der Waals surface area contributed by atoms with Gasteiger partial charge in [0.15, 0.2) is 23.9 Å². The van der Waals surface area contributed by atoms with Gasteiger partial charge in [-0.3, -0.25) is 4.79 Å². The van der Waals surface area contributed by atoms with Gasteiger partial charge in [0, 0.05) is 18.3 Å². The summed E-state index contributed by atoms with van der Waals surface area (Å²) in [6, 6.07) is 14.4. The Labute approximate surface area is 144 Å². The minimum absolute atomic E-state index is 0.129. The molecule has 3 rings (SSSR count). The van der Waals surface area contributed by atoms with Crippen molar-refractivity contribution in [3.8, 4) is 22.9 Å². The Morgan fingerprint density at radius 3 is 2.68 bits per heavy atom. The van der Waals surface area contributed by atoms with Gasteiger partial charge in [-0.25, -0.2) is 4.68 Å². The summed E-state index contributed by atoms with van der Waals surface area (Å²) < 4.78 is 12.3. The van der Waals surface area contributed by atoms with Crippen molar-refractivity contribution in [3.63, 3.8) is 0 Å². The number of aryl methyl sites for hydroxylation is 1. The van der Waals surface area contributed by atoms with Crippen LogP contribution in [0.1, 0.15) is 0 Å². The van der Waals surface area contributed by atoms with Crippen molar-refractivity contribution in [2.45, 2.75) is 0 Å². The summed E-state index contributed by atoms with van der Waals surface area (Å²) >= 11 is 0. The summed E-state index contributed by atoms with van der Waals surface area (Å²) in [7, 11) is 3.30. The molecule has 0 aliphatic rings. The van der Waals surface area contributed by atoms with Crippen LogP contribution in [0.3, 0.4) is 0 Å². The van der Waals surface area contributed by atoms with Crippen LogP contribution < -0.4 is 14.8 Å². The minimum Gasteiger partial charge on any atom is -0.493 e. The molecule has 1 N–H and O–H groups in total. The number of benzene rings is 2. The number of methoxy groups -OCH3 is 1. The number of hydrogen-bond acceptors (Lipinski definition) is 6. The number of hydrogen-bond donors (Lipinski definition) is 1. The first-order valence-electron chi connectivity index (χ1n) is 7.56. The number of nitrogens with one attached hydrogen (secondary N) is 1. The summed E-state index contributed by atoms with van der Waals surface area (Å²) in [5, 5.41) is 14.2. The van der Waals surface area contributed by atoms with Gasteiger partial charge >= 0.3 is 0 Å². The monoisotopic (exact) mass is 339 g/mol. The lowest BCUT2D eigenvalue weighted by atomic mass is 10.2. The normalized spacial score (nSPS) is 10.3. The number of amides is 1. The Morgan fingerprint density at radius 1 is 1.16 bits per heavy atom. The fourth-order valence-electron chi connectivity index (χ4n) is 2.29. The molecule has 1 amide bonds. The molecule has 8 nitrogen and oxygen atoms in total. The van der Waals surface area contributed by atoms with E-state index in [-0.39, 0.29) is 12.5 Å². The Kier molecular flexibility index (Phi) is 4.89. The third-order valence-electron chi connectivity index (χ3n) is 3.45. The predicted octanol–water partition coefficient (Wildman–Crippen LogP) is 1.90. The fraction of sp³-hybridized carbons (Fsp3) is 0.176. The molecule has 1 heterocycles. The Hall–Kier alpha value is -3.42. The van der Waals surface area contributed by atoms with Crippen LogP contribution in [-0.2, 0) is 11.8 Å². The van der Waals surface area contributed by atoms with Gasteiger partial charge in [-0.05, 0) is 34.7 Å². The molecule has 0 radical (unpaired) electrons. The minimum atomic E-state index is -0.279. The van der Waals surface area contributed by atoms with E-state index in [0.29, 0.717) is 23.0 Å². The highest BCUT2D eigenvalue weighted by atomic mass is 16.5. The summed E-state index contributed by atoms with van der Waals surface area (Å²) in [4.78, 5) is 12.1. The molecule has 3 aromatic rings. The van der Waals surface area contributed by atoms with E-state index >= 15 is 0 Å². The van der Waals surface area contributed by atoms with Crippen LogP contribution in [0.25, 0.3) is 11.4 Å². The number of ether oxygens (including phenoxy) is 2. The van der Waals surface area contributed by atoms with E-state index in [1.54, 1.807) is 43.1 Å². The largest absolute Gasteiger partial charge is 0.493 e. The van der Waals surface area contributed by atoms with Crippen molar-refractivity contribution in [1.29, 1.82) is 0 Å². The number of tetrazole rings is 1. The second kappa shape index (κ2) is 7.43. The first kappa shape index (κ1) is 16.4. The van der Waals surface area contributed by atoms with Crippen molar-refractivity contribution >= 4 is 11.6 Å². The average molecular weight is 339 g/mol. The molecule has 1 aromatic heterocycles. The lowest BCUT2D eigenvalue weighted by Crippen LogP contribution is -2.20. The van der Waals surface area contributed by atoms with Gasteiger partial charge in [-0.2, -0.15) is 0 Å². The summed E-state index contributed by atoms with van der Waals surface area (Å²) in [5.41, 5.74) is 1.44. The molecule has 8 heteroatoms. The number of nitrogens with zero attached hydrogens (tertiary/aromatic N) is 4. The smallest absolute Gasteiger partial charge is 0.262 e. The van der Waals surface area contributed by atoms with Crippen LogP contribution in [0.4, 0.5) is 5.69 Å². The highest BCUT2D eigenvalue weighted by molar-refractivity contribution is 5.92. The van der Waals surface area contributed by atoms with Crippen molar-refractivity contribution in [3.05, 3.63) is 48.5 Å². The summed E-state index contributed by atoms with van der Waals surface area (Å²) in [6.07, 6.45) is 0. The zero-order chi connectivity index (χ0) is 17.6. The number of anilines is 1. The highest BCUT2D eigenvalue weighted by Crippen LogP contribution is 2.25. The number of para-hydroxylation sites is 2. The SMILES string of the molecule is COc1ccccc1OCC(=O)Nc1cccc(-c2nnnn2C)c1. The molecule has 0 atom stereocenters. The number of carbonyl (C=O) groups excluding carboxylic acids is 1. The Bertz CT molecular complexity index is 878. The summed E-state index contributed by atoms with van der Waals surface area (Å²) in [6.45, 7) is -0.129. The molecule has 0 saturated heterocycles. The third kappa shape index (κ3) is 3.92. The number of rotatable bonds is 6. The van der Waals surface area contributed by atoms with Gasteiger partial charge < -0.3 is 14.8 Å². The van der Waals surface area contributed by atoms with Crippen molar-refractivity contribution in [2.24, 2.45) is 7.05 Å². The van der Waals surface area contributed by atoms with Gasteiger partial charge in [0.1, 0.15) is 0 Å². The Morgan fingerprint density at radius 2 is 1.96 bits per heavy atom. The molecule has 0 saturated carbocycles. The highest BCUT2D eigenvalue weighted by Gasteiger charge is 2.10. The van der Waals surface area contributed by atoms with E-state index in [2.05, 4.69) is 20.8 Å². The lowest BCUT2D eigenvalue weighted by molar-refractivity contribution is -0.118. The maximum absolute atomic E-state index is 12.1. The first-order chi connectivity index (χ1) is 12.2. The van der Waals surface area contributed by atoms with Crippen molar-refractivity contribution in [1.82, 2.24) is 20.2 Å². The molecule has 128 valence electrons. The van der Waals surface area contributed by atoms with Crippen LogP contribution in [0, 0.1) is 0 Å². The predicted molar refractivity (Wildman–Crippen MR) is 91.4 cm³/mol. The van der Waals surface area contributed by atoms with Gasteiger partial charge in [0.2, 0.25) is 0 Å². The zero-order valence-corrected chi connectivity index (χ0v) is 13.8. The van der Waals surface area contributed by atoms with Crippen LogP contribution in [-0.4, -0.2) is 39.8 Å². The second-order valence-corrected chi connectivity index (χ2v) is 5.19. The molecule has 0 unspecified atom stereocenters. The maximum atomic E-state index is 12.1. The molecule has 0 aliphatic heterocycles. The van der Waals surface area contributed by atoms with Gasteiger partial charge in [0.05, 0.1) is 7.11 Å². The molecule has 0 bridgehead atoms. The molecule has 0 fully saturated rings. The molecular weight excluding hydrogens is 322 g/mol. The summed E-state index contributed by atoms with van der Waals surface area (Å²) in [5.74, 6) is 1.42. The maximum Gasteiger partial charge on any atom is 0.262 e. The molecule has 25 heavy (non-hydrogen) atoms. The van der Waals surface area contributed by atoms with E-state index in [4.69, 9.17) is 9.47 Å². The van der Waals surface area contributed by atoms with E-state index in [1.165, 1.54) is 0 Å². The van der Waals surface area contributed by atoms with Crippen LogP contribution in [0.5, 0.6) is 11.5 Å². The average Bonchev–Trinajstić information content (AvgIpc) is 3.06. The standard InChI is InChI=1S/C17H17N5O3/c1-22-17(19-20-21-22)12-6-5-7-13(10-12)18-16(23)11-25-15-9-4-3-8-14(15)24-2/h3-10H,11H2,1-2H3,(H,18,23). The van der Waals surface area contributed by atoms with E-state index in [9.17, 15) is 4.79 Å². The van der Waals surface area contributed by atoms with Gasteiger partial charge in [0.25, 0.3) is 5.91 Å². The van der Waals surface area contributed by atoms with E-state index in [0.717, 1.165) is 5.56 Å². The lowest BCUT2D eigenvalue weighted by Gasteiger charge is -2.11. The quantitative estimate of drug-likeness (QED) is 0.737. The van der Waals surface area contributed by atoms with Crippen molar-refractivity contribution in [2.75, 3.05) is 19.0 Å². The fourth-order valence-corrected chi connectivity index (χ4v) is 2.29. The molecule has 0 spiro atoms. The van der Waals surface area contributed by atoms with Crippen molar-refractivity contribution < 1.29 is 14.3 Å². The van der Waals surface area contributed by atoms with E-state index < -0.39 is 0 Å². The van der Waals surface area contributed by atoms with Crippen LogP contribution in [0.2, 0.25) is 0 Å². The Balaban J connectivity index is 1.64. The topological polar surface area (TPSA) is 91.2 Å². The first-order valence-corrected chi connectivity index (χ1v) is 7.56. The molecular formula is C17H17N5O3. The molecule has 0 aliphatic carbocycles. The zero-order valence-electron chi connectivity index (χ0n) is 13.8. The second-order valence-electron chi connectivity index (χ2n) is 5.19. The third-order valence-corrected chi connectivity index (χ3v) is 3.45. The van der Waals surface area contributed by atoms with Crippen LogP contribution in [0.15, 0.2) is 48.5 Å². The van der Waals surface area contributed by atoms with E-state index in [1.807, 2.05) is 24.3 Å². The van der Waals surface area contributed by atoms with Gasteiger partial charge in [-0.15, -0.1) is 5.10 Å². The van der Waals surface area contributed by atoms with Gasteiger partial charge in [-0.1, -0.05) is 24.3 Å².